The molecule has 118 valence electrons. The van der Waals surface area contributed by atoms with Crippen LogP contribution in [0.3, 0.4) is 0 Å². The van der Waals surface area contributed by atoms with Gasteiger partial charge in [0.25, 0.3) is 0 Å². The van der Waals surface area contributed by atoms with Crippen molar-refractivity contribution in [3.05, 3.63) is 29.8 Å². The quantitative estimate of drug-likeness (QED) is 0.478. The van der Waals surface area contributed by atoms with Crippen LogP contribution in [0, 0.1) is 6.92 Å². The normalized spacial score (nSPS) is 28.4. The van der Waals surface area contributed by atoms with Gasteiger partial charge in [0.2, 0.25) is 0 Å². The molecule has 1 amide bonds. The Morgan fingerprint density at radius 1 is 1.14 bits per heavy atom. The van der Waals surface area contributed by atoms with Crippen LogP contribution >= 0.6 is 0 Å². The van der Waals surface area contributed by atoms with E-state index in [-0.39, 0.29) is 5.69 Å². The van der Waals surface area contributed by atoms with E-state index in [9.17, 15) is 29.7 Å². The number of aliphatic hydroxyl groups excluding tert-OH is 2. The van der Waals surface area contributed by atoms with Gasteiger partial charge in [0.1, 0.15) is 0 Å². The van der Waals surface area contributed by atoms with Gasteiger partial charge in [-0.05, 0) is 18.6 Å². The molecule has 1 saturated heterocycles. The minimum atomic E-state index is -3.30. The van der Waals surface area contributed by atoms with Gasteiger partial charge in [-0.1, -0.05) is 18.2 Å². The van der Waals surface area contributed by atoms with Crippen LogP contribution in [-0.4, -0.2) is 51.3 Å². The van der Waals surface area contributed by atoms with E-state index in [0.717, 1.165) is 0 Å². The molecule has 2 atom stereocenters. The summed E-state index contributed by atoms with van der Waals surface area (Å²) >= 11 is 0. The van der Waals surface area contributed by atoms with Crippen molar-refractivity contribution in [3.63, 3.8) is 0 Å². The molecular formula is C13H13NO8. The molecule has 0 saturated carbocycles. The molecule has 1 aliphatic rings. The predicted molar refractivity (Wildman–Crippen MR) is 69.0 cm³/mol. The van der Waals surface area contributed by atoms with Crippen molar-refractivity contribution in [2.24, 2.45) is 0 Å². The molecule has 0 spiro atoms. The van der Waals surface area contributed by atoms with E-state index in [4.69, 9.17) is 0 Å². The molecular weight excluding hydrogens is 298 g/mol. The van der Waals surface area contributed by atoms with E-state index in [1.165, 1.54) is 6.07 Å². The molecule has 9 heteroatoms. The van der Waals surface area contributed by atoms with Crippen LogP contribution in [0.4, 0.5) is 5.69 Å². The van der Waals surface area contributed by atoms with Crippen LogP contribution in [0.15, 0.2) is 24.3 Å². The van der Waals surface area contributed by atoms with Gasteiger partial charge in [-0.3, -0.25) is 4.79 Å². The number of ether oxygens (including phenoxy) is 2. The lowest BCUT2D eigenvalue weighted by atomic mass is 10.2. The van der Waals surface area contributed by atoms with Crippen molar-refractivity contribution in [2.45, 2.75) is 25.1 Å². The minimum Gasteiger partial charge on any atom is -0.388 e. The van der Waals surface area contributed by atoms with Crippen LogP contribution in [0.25, 0.3) is 0 Å². The summed E-state index contributed by atoms with van der Waals surface area (Å²) in [5.41, 5.74) is 0.907. The lowest BCUT2D eigenvalue weighted by Crippen LogP contribution is -2.49. The van der Waals surface area contributed by atoms with E-state index in [1.807, 2.05) is 0 Å². The summed E-state index contributed by atoms with van der Waals surface area (Å²) in [7, 11) is 0. The summed E-state index contributed by atoms with van der Waals surface area (Å²) in [6, 6.07) is 6.47. The van der Waals surface area contributed by atoms with Crippen molar-refractivity contribution in [3.8, 4) is 0 Å². The average Bonchev–Trinajstić information content (AvgIpc) is 2.53. The maximum Gasteiger partial charge on any atom is 0.459 e. The lowest BCUT2D eigenvalue weighted by Gasteiger charge is -2.23. The second-order valence-electron chi connectivity index (χ2n) is 4.58. The Balaban J connectivity index is 2.25. The number of amides is 1. The first-order chi connectivity index (χ1) is 10.2. The molecule has 1 heterocycles. The van der Waals surface area contributed by atoms with E-state index in [1.54, 1.807) is 25.1 Å². The fourth-order valence-electron chi connectivity index (χ4n) is 1.68. The Morgan fingerprint density at radius 2 is 1.64 bits per heavy atom. The third-order valence-electron chi connectivity index (χ3n) is 2.94. The fraction of sp³-hybridized carbons (Fsp3) is 0.308. The zero-order chi connectivity index (χ0) is 16.5. The summed E-state index contributed by atoms with van der Waals surface area (Å²) < 4.78 is 8.55. The monoisotopic (exact) mass is 311 g/mol. The maximum atomic E-state index is 12.0. The number of hydrogen-bond acceptors (Lipinski definition) is 8. The van der Waals surface area contributed by atoms with E-state index >= 15 is 0 Å². The number of rotatable bonds is 2. The van der Waals surface area contributed by atoms with Gasteiger partial charge in [0, 0.05) is 5.69 Å². The van der Waals surface area contributed by atoms with Crippen molar-refractivity contribution in [2.75, 3.05) is 5.32 Å². The number of carbonyl (C=O) groups excluding carboxylic acids is 3. The van der Waals surface area contributed by atoms with Gasteiger partial charge in [0.05, 0.1) is 0 Å². The highest BCUT2D eigenvalue weighted by Gasteiger charge is 2.53. The van der Waals surface area contributed by atoms with Crippen LogP contribution in [0.2, 0.25) is 0 Å². The third kappa shape index (κ3) is 2.91. The van der Waals surface area contributed by atoms with Gasteiger partial charge < -0.3 is 30.1 Å². The average molecular weight is 311 g/mol. The zero-order valence-corrected chi connectivity index (χ0v) is 11.3. The standard InChI is InChI=1S/C13H13NO8/c1-6-4-2-3-5-7(6)14-12(19)13(20)21-10(17)8(15)9(16)11(18)22-13/h2-5,8-9,15-16,20H,1H3,(H,14,19). The number of benzene rings is 1. The minimum absolute atomic E-state index is 0.276. The first-order valence-electron chi connectivity index (χ1n) is 6.16. The summed E-state index contributed by atoms with van der Waals surface area (Å²) in [6.07, 6.45) is -4.54. The Bertz CT molecular complexity index is 606. The Labute approximate surface area is 124 Å². The highest BCUT2D eigenvalue weighted by molar-refractivity contribution is 6.00. The number of carbonyl (C=O) groups is 3. The molecule has 1 aromatic carbocycles. The van der Waals surface area contributed by atoms with Gasteiger partial charge >= 0.3 is 23.8 Å². The van der Waals surface area contributed by atoms with Crippen molar-refractivity contribution >= 4 is 23.5 Å². The van der Waals surface area contributed by atoms with Crippen molar-refractivity contribution in [1.82, 2.24) is 0 Å². The molecule has 0 bridgehead atoms. The second kappa shape index (κ2) is 5.72. The number of nitrogens with one attached hydrogen (secondary N) is 1. The second-order valence-corrected chi connectivity index (χ2v) is 4.58. The summed E-state index contributed by atoms with van der Waals surface area (Å²) in [5.74, 6) is -7.83. The summed E-state index contributed by atoms with van der Waals surface area (Å²) in [6.45, 7) is 1.66. The number of para-hydroxylation sites is 1. The largest absolute Gasteiger partial charge is 0.459 e. The number of cyclic esters (lactones) is 2. The molecule has 2 unspecified atom stereocenters. The van der Waals surface area contributed by atoms with Crippen LogP contribution in [-0.2, 0) is 23.9 Å². The SMILES string of the molecule is Cc1ccccc1NC(=O)C1(O)OC(=O)C(O)C(O)C(=O)O1. The number of hydrogen-bond donors (Lipinski definition) is 4. The first kappa shape index (κ1) is 15.9. The van der Waals surface area contributed by atoms with Crippen LogP contribution in [0.1, 0.15) is 5.56 Å². The van der Waals surface area contributed by atoms with Gasteiger partial charge in [-0.15, -0.1) is 0 Å². The molecule has 22 heavy (non-hydrogen) atoms. The van der Waals surface area contributed by atoms with Gasteiger partial charge in [-0.25, -0.2) is 9.59 Å². The molecule has 1 fully saturated rings. The topological polar surface area (TPSA) is 142 Å². The third-order valence-corrected chi connectivity index (χ3v) is 2.94. The van der Waals surface area contributed by atoms with Crippen molar-refractivity contribution < 1.29 is 39.2 Å². The maximum absolute atomic E-state index is 12.0. The molecule has 1 aromatic rings. The molecule has 2 rings (SSSR count). The molecule has 4 N–H and O–H groups in total. The van der Waals surface area contributed by atoms with Gasteiger partial charge in [0.15, 0.2) is 12.2 Å². The van der Waals surface area contributed by atoms with Crippen LogP contribution in [0.5, 0.6) is 0 Å². The van der Waals surface area contributed by atoms with Crippen molar-refractivity contribution in [1.29, 1.82) is 0 Å². The Kier molecular flexibility index (Phi) is 4.13. The summed E-state index contributed by atoms with van der Waals surface area (Å²) in [5, 5.41) is 30.7. The molecule has 0 aromatic heterocycles. The molecule has 9 nitrogen and oxygen atoms in total. The number of esters is 2. The molecule has 0 aliphatic carbocycles. The number of aryl methyl sites for hydroxylation is 1. The molecule has 0 radical (unpaired) electrons. The van der Waals surface area contributed by atoms with Crippen LogP contribution < -0.4 is 5.32 Å². The smallest absolute Gasteiger partial charge is 0.388 e. The molecule has 1 aliphatic heterocycles. The Hall–Kier alpha value is -2.49. The van der Waals surface area contributed by atoms with E-state index in [0.29, 0.717) is 5.56 Å². The summed E-state index contributed by atoms with van der Waals surface area (Å²) in [4.78, 5) is 34.8. The van der Waals surface area contributed by atoms with E-state index in [2.05, 4.69) is 14.8 Å². The van der Waals surface area contributed by atoms with E-state index < -0.39 is 36.0 Å². The van der Waals surface area contributed by atoms with Gasteiger partial charge in [-0.2, -0.15) is 0 Å². The first-order valence-corrected chi connectivity index (χ1v) is 6.16. The Morgan fingerprint density at radius 3 is 2.14 bits per heavy atom. The fourth-order valence-corrected chi connectivity index (χ4v) is 1.68. The number of anilines is 1. The lowest BCUT2D eigenvalue weighted by molar-refractivity contribution is -0.300. The number of aliphatic hydroxyl groups is 3. The zero-order valence-electron chi connectivity index (χ0n) is 11.3. The predicted octanol–water partition coefficient (Wildman–Crippen LogP) is -1.60. The highest BCUT2D eigenvalue weighted by atomic mass is 16.9. The highest BCUT2D eigenvalue weighted by Crippen LogP contribution is 2.22.